The van der Waals surface area contributed by atoms with E-state index in [1.807, 2.05) is 24.3 Å². The molecule has 2 aromatic rings. The van der Waals surface area contributed by atoms with Crippen molar-refractivity contribution in [3.63, 3.8) is 0 Å². The summed E-state index contributed by atoms with van der Waals surface area (Å²) < 4.78 is 5.68. The second-order valence-corrected chi connectivity index (χ2v) is 4.63. The van der Waals surface area contributed by atoms with E-state index in [0.29, 0.717) is 28.9 Å². The van der Waals surface area contributed by atoms with Gasteiger partial charge in [-0.05, 0) is 23.3 Å². The van der Waals surface area contributed by atoms with Gasteiger partial charge < -0.3 is 10.5 Å². The summed E-state index contributed by atoms with van der Waals surface area (Å²) >= 11 is 12.1. The zero-order valence-corrected chi connectivity index (χ0v) is 11.2. The van der Waals surface area contributed by atoms with E-state index >= 15 is 0 Å². The highest BCUT2D eigenvalue weighted by atomic mass is 35.5. The van der Waals surface area contributed by atoms with Gasteiger partial charge in [-0.15, -0.1) is 0 Å². The van der Waals surface area contributed by atoms with Crippen LogP contribution >= 0.6 is 23.2 Å². The van der Waals surface area contributed by atoms with Crippen molar-refractivity contribution in [2.45, 2.75) is 13.2 Å². The first kappa shape index (κ1) is 13.2. The SMILES string of the molecule is NCc1ccccc1COc1c(Cl)cccc1Cl. The Labute approximate surface area is 116 Å². The van der Waals surface area contributed by atoms with Crippen LogP contribution in [-0.4, -0.2) is 0 Å². The average molecular weight is 282 g/mol. The molecule has 18 heavy (non-hydrogen) atoms. The molecule has 0 amide bonds. The van der Waals surface area contributed by atoms with Crippen molar-refractivity contribution in [3.8, 4) is 5.75 Å². The van der Waals surface area contributed by atoms with Gasteiger partial charge >= 0.3 is 0 Å². The Hall–Kier alpha value is -1.22. The Balaban J connectivity index is 2.16. The van der Waals surface area contributed by atoms with Crippen LogP contribution in [0.2, 0.25) is 10.0 Å². The molecule has 0 saturated heterocycles. The highest BCUT2D eigenvalue weighted by Crippen LogP contribution is 2.33. The van der Waals surface area contributed by atoms with Gasteiger partial charge in [0, 0.05) is 6.54 Å². The molecule has 0 heterocycles. The predicted molar refractivity (Wildman–Crippen MR) is 75.1 cm³/mol. The van der Waals surface area contributed by atoms with Crippen LogP contribution in [0.1, 0.15) is 11.1 Å². The summed E-state index contributed by atoms with van der Waals surface area (Å²) in [6.07, 6.45) is 0. The number of halogens is 2. The molecule has 0 aliphatic heterocycles. The number of ether oxygens (including phenoxy) is 1. The van der Waals surface area contributed by atoms with Gasteiger partial charge in [0.05, 0.1) is 10.0 Å². The first-order chi connectivity index (χ1) is 8.72. The first-order valence-corrected chi connectivity index (χ1v) is 6.31. The van der Waals surface area contributed by atoms with Crippen molar-refractivity contribution in [2.75, 3.05) is 0 Å². The van der Waals surface area contributed by atoms with Gasteiger partial charge in [0.1, 0.15) is 6.61 Å². The fourth-order valence-electron chi connectivity index (χ4n) is 1.67. The standard InChI is InChI=1S/C14H13Cl2NO/c15-12-6-3-7-13(16)14(12)18-9-11-5-2-1-4-10(11)8-17/h1-7H,8-9,17H2. The Bertz CT molecular complexity index is 523. The smallest absolute Gasteiger partial charge is 0.156 e. The van der Waals surface area contributed by atoms with Crippen molar-refractivity contribution in [1.29, 1.82) is 0 Å². The molecule has 2 aromatic carbocycles. The molecule has 2 N–H and O–H groups in total. The maximum absolute atomic E-state index is 6.04. The van der Waals surface area contributed by atoms with Gasteiger partial charge in [-0.25, -0.2) is 0 Å². The van der Waals surface area contributed by atoms with E-state index in [1.165, 1.54) is 0 Å². The van der Waals surface area contributed by atoms with Crippen LogP contribution in [0.5, 0.6) is 5.75 Å². The zero-order chi connectivity index (χ0) is 13.0. The van der Waals surface area contributed by atoms with Gasteiger partial charge in [0.25, 0.3) is 0 Å². The molecule has 0 saturated carbocycles. The van der Waals surface area contributed by atoms with Crippen molar-refractivity contribution in [1.82, 2.24) is 0 Å². The van der Waals surface area contributed by atoms with Gasteiger partial charge in [0.2, 0.25) is 0 Å². The van der Waals surface area contributed by atoms with Gasteiger partial charge in [-0.2, -0.15) is 0 Å². The lowest BCUT2D eigenvalue weighted by Crippen LogP contribution is -2.04. The normalized spacial score (nSPS) is 10.4. The summed E-state index contributed by atoms with van der Waals surface area (Å²) in [5.74, 6) is 0.507. The van der Waals surface area contributed by atoms with Crippen molar-refractivity contribution in [3.05, 3.63) is 63.6 Å². The van der Waals surface area contributed by atoms with Crippen LogP contribution in [0, 0.1) is 0 Å². The molecule has 0 aliphatic rings. The maximum atomic E-state index is 6.04. The number of hydrogen-bond acceptors (Lipinski definition) is 2. The number of benzene rings is 2. The molecular formula is C14H13Cl2NO. The van der Waals surface area contributed by atoms with Crippen LogP contribution in [0.25, 0.3) is 0 Å². The second-order valence-electron chi connectivity index (χ2n) is 3.81. The van der Waals surface area contributed by atoms with E-state index in [1.54, 1.807) is 18.2 Å². The number of nitrogens with two attached hydrogens (primary N) is 1. The van der Waals surface area contributed by atoms with E-state index in [2.05, 4.69) is 0 Å². The molecule has 2 nitrogen and oxygen atoms in total. The summed E-state index contributed by atoms with van der Waals surface area (Å²) in [5, 5.41) is 1.01. The van der Waals surface area contributed by atoms with Gasteiger partial charge in [0.15, 0.2) is 5.75 Å². The molecule has 94 valence electrons. The van der Waals surface area contributed by atoms with E-state index in [9.17, 15) is 0 Å². The first-order valence-electron chi connectivity index (χ1n) is 5.56. The molecule has 0 spiro atoms. The minimum Gasteiger partial charge on any atom is -0.486 e. The molecule has 0 radical (unpaired) electrons. The highest BCUT2D eigenvalue weighted by Gasteiger charge is 2.08. The molecule has 0 bridgehead atoms. The Morgan fingerprint density at radius 3 is 2.11 bits per heavy atom. The quantitative estimate of drug-likeness (QED) is 0.918. The van der Waals surface area contributed by atoms with E-state index in [-0.39, 0.29) is 0 Å². The number of hydrogen-bond donors (Lipinski definition) is 1. The largest absolute Gasteiger partial charge is 0.486 e. The molecule has 0 aromatic heterocycles. The van der Waals surface area contributed by atoms with Crippen LogP contribution in [0.15, 0.2) is 42.5 Å². The molecule has 4 heteroatoms. The Morgan fingerprint density at radius 2 is 1.50 bits per heavy atom. The van der Waals surface area contributed by atoms with Crippen LogP contribution in [-0.2, 0) is 13.2 Å². The molecule has 0 atom stereocenters. The molecule has 0 unspecified atom stereocenters. The number of para-hydroxylation sites is 1. The summed E-state index contributed by atoms with van der Waals surface area (Å²) in [5.41, 5.74) is 7.77. The van der Waals surface area contributed by atoms with Crippen molar-refractivity contribution in [2.24, 2.45) is 5.73 Å². The third-order valence-electron chi connectivity index (χ3n) is 2.63. The zero-order valence-electron chi connectivity index (χ0n) is 9.70. The lowest BCUT2D eigenvalue weighted by Gasteiger charge is -2.12. The van der Waals surface area contributed by atoms with Crippen molar-refractivity contribution >= 4 is 23.2 Å². The second kappa shape index (κ2) is 6.10. The fraction of sp³-hybridized carbons (Fsp3) is 0.143. The van der Waals surface area contributed by atoms with Gasteiger partial charge in [-0.3, -0.25) is 0 Å². The average Bonchev–Trinajstić information content (AvgIpc) is 2.38. The molecular weight excluding hydrogens is 269 g/mol. The Kier molecular flexibility index (Phi) is 4.48. The third-order valence-corrected chi connectivity index (χ3v) is 3.22. The van der Waals surface area contributed by atoms with E-state index in [4.69, 9.17) is 33.7 Å². The minimum atomic E-state index is 0.400. The lowest BCUT2D eigenvalue weighted by atomic mass is 10.1. The summed E-state index contributed by atoms with van der Waals surface area (Å²) in [4.78, 5) is 0. The van der Waals surface area contributed by atoms with Crippen molar-refractivity contribution < 1.29 is 4.74 Å². The predicted octanol–water partition coefficient (Wildman–Crippen LogP) is 4.03. The van der Waals surface area contributed by atoms with Crippen LogP contribution < -0.4 is 10.5 Å². The molecule has 0 aliphatic carbocycles. The van der Waals surface area contributed by atoms with E-state index < -0.39 is 0 Å². The van der Waals surface area contributed by atoms with E-state index in [0.717, 1.165) is 11.1 Å². The monoisotopic (exact) mass is 281 g/mol. The summed E-state index contributed by atoms with van der Waals surface area (Å²) in [7, 11) is 0. The highest BCUT2D eigenvalue weighted by molar-refractivity contribution is 6.37. The lowest BCUT2D eigenvalue weighted by molar-refractivity contribution is 0.305. The fourth-order valence-corrected chi connectivity index (χ4v) is 2.17. The van der Waals surface area contributed by atoms with Gasteiger partial charge in [-0.1, -0.05) is 53.5 Å². The third kappa shape index (κ3) is 2.96. The molecule has 0 fully saturated rings. The Morgan fingerprint density at radius 1 is 0.889 bits per heavy atom. The topological polar surface area (TPSA) is 35.2 Å². The minimum absolute atomic E-state index is 0.400. The summed E-state index contributed by atoms with van der Waals surface area (Å²) in [6.45, 7) is 0.882. The maximum Gasteiger partial charge on any atom is 0.156 e. The number of rotatable bonds is 4. The van der Waals surface area contributed by atoms with Crippen LogP contribution in [0.3, 0.4) is 0 Å². The summed E-state index contributed by atoms with van der Waals surface area (Å²) in [6, 6.07) is 13.1. The van der Waals surface area contributed by atoms with Crippen LogP contribution in [0.4, 0.5) is 0 Å². The molecule has 2 rings (SSSR count).